The summed E-state index contributed by atoms with van der Waals surface area (Å²) in [5.74, 6) is 2.32. The molecule has 23 heavy (non-hydrogen) atoms. The largest absolute Gasteiger partial charge is 0.497 e. The molecule has 0 bridgehead atoms. The SMILES string of the molecule is COc1ccc(CSCC(=O)NCCCN2CCOCC2)cc1. The van der Waals surface area contributed by atoms with Crippen molar-refractivity contribution in [3.05, 3.63) is 29.8 Å². The molecule has 1 heterocycles. The van der Waals surface area contributed by atoms with Gasteiger partial charge in [0.2, 0.25) is 5.91 Å². The molecule has 1 N–H and O–H groups in total. The van der Waals surface area contributed by atoms with Crippen molar-refractivity contribution in [1.82, 2.24) is 10.2 Å². The van der Waals surface area contributed by atoms with Crippen molar-refractivity contribution in [2.24, 2.45) is 0 Å². The number of hydrogen-bond acceptors (Lipinski definition) is 5. The average Bonchev–Trinajstić information content (AvgIpc) is 2.60. The molecular formula is C17H26N2O3S. The summed E-state index contributed by atoms with van der Waals surface area (Å²) < 4.78 is 10.4. The van der Waals surface area contributed by atoms with E-state index in [1.807, 2.05) is 24.3 Å². The zero-order valence-electron chi connectivity index (χ0n) is 13.8. The molecular weight excluding hydrogens is 312 g/mol. The van der Waals surface area contributed by atoms with Gasteiger partial charge < -0.3 is 14.8 Å². The molecule has 1 aromatic carbocycles. The summed E-state index contributed by atoms with van der Waals surface area (Å²) in [4.78, 5) is 14.2. The number of methoxy groups -OCH3 is 1. The van der Waals surface area contributed by atoms with Crippen molar-refractivity contribution in [2.75, 3.05) is 52.3 Å². The standard InChI is InChI=1S/C17H26N2O3S/c1-21-16-5-3-15(4-6-16)13-23-14-17(20)18-7-2-8-19-9-11-22-12-10-19/h3-6H,2,7-14H2,1H3,(H,18,20). The average molecular weight is 338 g/mol. The van der Waals surface area contributed by atoms with E-state index in [1.54, 1.807) is 18.9 Å². The van der Waals surface area contributed by atoms with E-state index >= 15 is 0 Å². The Labute approximate surface area is 142 Å². The first kappa shape index (κ1) is 18.1. The molecule has 2 rings (SSSR count). The van der Waals surface area contributed by atoms with Gasteiger partial charge in [0.15, 0.2) is 0 Å². The first-order chi connectivity index (χ1) is 11.3. The van der Waals surface area contributed by atoms with E-state index in [2.05, 4.69) is 10.2 Å². The Morgan fingerprint density at radius 3 is 2.74 bits per heavy atom. The van der Waals surface area contributed by atoms with Crippen LogP contribution in [0.15, 0.2) is 24.3 Å². The number of nitrogens with zero attached hydrogens (tertiary/aromatic N) is 1. The Morgan fingerprint density at radius 2 is 2.04 bits per heavy atom. The van der Waals surface area contributed by atoms with E-state index in [1.165, 1.54) is 5.56 Å². The van der Waals surface area contributed by atoms with E-state index in [0.717, 1.165) is 57.3 Å². The van der Waals surface area contributed by atoms with Gasteiger partial charge in [-0.3, -0.25) is 9.69 Å². The maximum atomic E-state index is 11.8. The van der Waals surface area contributed by atoms with E-state index in [-0.39, 0.29) is 5.91 Å². The van der Waals surface area contributed by atoms with Crippen LogP contribution < -0.4 is 10.1 Å². The second-order valence-electron chi connectivity index (χ2n) is 5.50. The lowest BCUT2D eigenvalue weighted by Crippen LogP contribution is -2.38. The van der Waals surface area contributed by atoms with Crippen LogP contribution in [0.2, 0.25) is 0 Å². The minimum absolute atomic E-state index is 0.116. The minimum atomic E-state index is 0.116. The van der Waals surface area contributed by atoms with E-state index < -0.39 is 0 Å². The maximum absolute atomic E-state index is 11.8. The highest BCUT2D eigenvalue weighted by Crippen LogP contribution is 2.16. The van der Waals surface area contributed by atoms with Gasteiger partial charge in [-0.15, -0.1) is 11.8 Å². The Balaban J connectivity index is 1.50. The number of thioether (sulfide) groups is 1. The molecule has 1 amide bonds. The first-order valence-corrected chi connectivity index (χ1v) is 9.21. The van der Waals surface area contributed by atoms with Gasteiger partial charge in [-0.2, -0.15) is 0 Å². The van der Waals surface area contributed by atoms with Crippen LogP contribution in [0.4, 0.5) is 0 Å². The third kappa shape index (κ3) is 7.24. The van der Waals surface area contributed by atoms with Crippen LogP contribution in [-0.2, 0) is 15.3 Å². The summed E-state index contributed by atoms with van der Waals surface area (Å²) >= 11 is 1.63. The van der Waals surface area contributed by atoms with Gasteiger partial charge in [-0.05, 0) is 30.7 Å². The summed E-state index contributed by atoms with van der Waals surface area (Å²) in [6.45, 7) is 5.45. The van der Waals surface area contributed by atoms with Gasteiger partial charge in [-0.25, -0.2) is 0 Å². The van der Waals surface area contributed by atoms with Gasteiger partial charge in [0.1, 0.15) is 5.75 Å². The molecule has 6 heteroatoms. The molecule has 1 aliphatic rings. The second-order valence-corrected chi connectivity index (χ2v) is 6.48. The number of amides is 1. The van der Waals surface area contributed by atoms with Crippen LogP contribution >= 0.6 is 11.8 Å². The van der Waals surface area contributed by atoms with E-state index in [0.29, 0.717) is 5.75 Å². The normalized spacial score (nSPS) is 15.3. The van der Waals surface area contributed by atoms with Crippen LogP contribution in [-0.4, -0.2) is 63.1 Å². The molecule has 1 saturated heterocycles. The molecule has 0 atom stereocenters. The molecule has 0 aromatic heterocycles. The molecule has 5 nitrogen and oxygen atoms in total. The van der Waals surface area contributed by atoms with Gasteiger partial charge in [0.05, 0.1) is 26.1 Å². The highest BCUT2D eigenvalue weighted by Gasteiger charge is 2.09. The summed E-state index contributed by atoms with van der Waals surface area (Å²) in [6.07, 6.45) is 0.995. The monoisotopic (exact) mass is 338 g/mol. The quantitative estimate of drug-likeness (QED) is 0.696. The van der Waals surface area contributed by atoms with Gasteiger partial charge >= 0.3 is 0 Å². The van der Waals surface area contributed by atoms with Crippen LogP contribution in [0, 0.1) is 0 Å². The summed E-state index contributed by atoms with van der Waals surface area (Å²) in [5, 5.41) is 2.99. The highest BCUT2D eigenvalue weighted by atomic mass is 32.2. The Kier molecular flexibility index (Phi) is 8.28. The van der Waals surface area contributed by atoms with Crippen molar-refractivity contribution in [2.45, 2.75) is 12.2 Å². The lowest BCUT2D eigenvalue weighted by Gasteiger charge is -2.26. The molecule has 0 saturated carbocycles. The minimum Gasteiger partial charge on any atom is -0.497 e. The molecule has 128 valence electrons. The third-order valence-corrected chi connectivity index (χ3v) is 4.74. The zero-order valence-corrected chi connectivity index (χ0v) is 14.6. The molecule has 1 aliphatic heterocycles. The number of benzene rings is 1. The van der Waals surface area contributed by atoms with E-state index in [9.17, 15) is 4.79 Å². The zero-order chi connectivity index (χ0) is 16.3. The second kappa shape index (κ2) is 10.5. The van der Waals surface area contributed by atoms with Crippen LogP contribution in [0.5, 0.6) is 5.75 Å². The Morgan fingerprint density at radius 1 is 1.30 bits per heavy atom. The summed E-state index contributed by atoms with van der Waals surface area (Å²) in [5.41, 5.74) is 1.20. The van der Waals surface area contributed by atoms with Crippen LogP contribution in [0.25, 0.3) is 0 Å². The lowest BCUT2D eigenvalue weighted by molar-refractivity contribution is -0.118. The van der Waals surface area contributed by atoms with Crippen molar-refractivity contribution in [1.29, 1.82) is 0 Å². The fourth-order valence-corrected chi connectivity index (χ4v) is 3.21. The van der Waals surface area contributed by atoms with Crippen LogP contribution in [0.1, 0.15) is 12.0 Å². The Bertz CT molecular complexity index is 461. The predicted octanol–water partition coefficient (Wildman–Crippen LogP) is 1.77. The van der Waals surface area contributed by atoms with E-state index in [4.69, 9.17) is 9.47 Å². The number of nitrogens with one attached hydrogen (secondary N) is 1. The molecule has 0 unspecified atom stereocenters. The smallest absolute Gasteiger partial charge is 0.230 e. The molecule has 1 aromatic rings. The summed E-state index contributed by atoms with van der Waals surface area (Å²) in [7, 11) is 1.66. The number of carbonyl (C=O) groups excluding carboxylic acids is 1. The summed E-state index contributed by atoms with van der Waals surface area (Å²) in [6, 6.07) is 7.96. The fraction of sp³-hybridized carbons (Fsp3) is 0.588. The number of hydrogen-bond donors (Lipinski definition) is 1. The molecule has 0 radical (unpaired) electrons. The third-order valence-electron chi connectivity index (χ3n) is 3.74. The topological polar surface area (TPSA) is 50.8 Å². The number of morpholine rings is 1. The van der Waals surface area contributed by atoms with Crippen LogP contribution in [0.3, 0.4) is 0 Å². The van der Waals surface area contributed by atoms with Gasteiger partial charge in [-0.1, -0.05) is 12.1 Å². The first-order valence-electron chi connectivity index (χ1n) is 8.05. The lowest BCUT2D eigenvalue weighted by atomic mass is 10.2. The molecule has 0 spiro atoms. The van der Waals surface area contributed by atoms with Gasteiger partial charge in [0.25, 0.3) is 0 Å². The van der Waals surface area contributed by atoms with Crippen molar-refractivity contribution >= 4 is 17.7 Å². The van der Waals surface area contributed by atoms with Gasteiger partial charge in [0, 0.05) is 25.4 Å². The number of ether oxygens (including phenoxy) is 2. The number of carbonyl (C=O) groups is 1. The van der Waals surface area contributed by atoms with Crippen molar-refractivity contribution in [3.63, 3.8) is 0 Å². The predicted molar refractivity (Wildman–Crippen MR) is 94.0 cm³/mol. The maximum Gasteiger partial charge on any atom is 0.230 e. The highest BCUT2D eigenvalue weighted by molar-refractivity contribution is 7.99. The number of rotatable bonds is 9. The molecule has 1 fully saturated rings. The fourth-order valence-electron chi connectivity index (χ4n) is 2.39. The Hall–Kier alpha value is -1.24. The van der Waals surface area contributed by atoms with Crippen molar-refractivity contribution < 1.29 is 14.3 Å². The molecule has 0 aliphatic carbocycles. The van der Waals surface area contributed by atoms with Crippen molar-refractivity contribution in [3.8, 4) is 5.75 Å².